The van der Waals surface area contributed by atoms with E-state index in [9.17, 15) is 14.4 Å². The molecule has 7 heteroatoms. The molecular formula is C29H49N3O4. The van der Waals surface area contributed by atoms with Crippen molar-refractivity contribution in [1.82, 2.24) is 15.5 Å². The summed E-state index contributed by atoms with van der Waals surface area (Å²) >= 11 is 0. The fraction of sp³-hybridized carbons (Fsp3) is 0.690. The van der Waals surface area contributed by atoms with Gasteiger partial charge in [0.15, 0.2) is 0 Å². The van der Waals surface area contributed by atoms with E-state index in [1.54, 1.807) is 25.7 Å². The molecule has 1 aromatic rings. The number of hydrogen-bond acceptors (Lipinski definition) is 4. The monoisotopic (exact) mass is 503 g/mol. The van der Waals surface area contributed by atoms with Crippen molar-refractivity contribution in [2.45, 2.75) is 125 Å². The van der Waals surface area contributed by atoms with Crippen LogP contribution in [0.2, 0.25) is 0 Å². The molecule has 0 aliphatic heterocycles. The minimum Gasteiger partial charge on any atom is -0.444 e. The first kappa shape index (κ1) is 31.5. The van der Waals surface area contributed by atoms with Crippen molar-refractivity contribution in [1.29, 1.82) is 0 Å². The zero-order valence-corrected chi connectivity index (χ0v) is 24.8. The zero-order valence-electron chi connectivity index (χ0n) is 24.8. The Morgan fingerprint density at radius 3 is 1.92 bits per heavy atom. The van der Waals surface area contributed by atoms with Crippen molar-refractivity contribution < 1.29 is 19.1 Å². The van der Waals surface area contributed by atoms with E-state index in [1.165, 1.54) is 0 Å². The zero-order chi connectivity index (χ0) is 28.2. The Morgan fingerprint density at radius 1 is 0.944 bits per heavy atom. The van der Waals surface area contributed by atoms with Gasteiger partial charge in [-0.3, -0.25) is 9.59 Å². The molecule has 1 aromatic carbocycles. The van der Waals surface area contributed by atoms with Crippen molar-refractivity contribution in [3.05, 3.63) is 34.9 Å². The fourth-order valence-corrected chi connectivity index (χ4v) is 3.90. The smallest absolute Gasteiger partial charge is 0.408 e. The summed E-state index contributed by atoms with van der Waals surface area (Å²) in [7, 11) is 0. The molecule has 2 N–H and O–H groups in total. The van der Waals surface area contributed by atoms with Gasteiger partial charge in [-0.05, 0) is 98.8 Å². The Morgan fingerprint density at radius 2 is 1.50 bits per heavy atom. The predicted octanol–water partition coefficient (Wildman–Crippen LogP) is 5.83. The first-order chi connectivity index (χ1) is 16.2. The van der Waals surface area contributed by atoms with Gasteiger partial charge < -0.3 is 20.3 Å². The first-order valence-electron chi connectivity index (χ1n) is 12.9. The minimum atomic E-state index is -0.886. The quantitative estimate of drug-likeness (QED) is 0.490. The summed E-state index contributed by atoms with van der Waals surface area (Å²) < 4.78 is 5.47. The molecule has 0 heterocycles. The third kappa shape index (κ3) is 9.14. The molecule has 0 radical (unpaired) electrons. The van der Waals surface area contributed by atoms with Crippen LogP contribution in [-0.2, 0) is 14.3 Å². The van der Waals surface area contributed by atoms with Gasteiger partial charge in [0.25, 0.3) is 0 Å². The highest BCUT2D eigenvalue weighted by atomic mass is 16.6. The number of nitrogens with one attached hydrogen (secondary N) is 2. The molecule has 36 heavy (non-hydrogen) atoms. The van der Waals surface area contributed by atoms with Gasteiger partial charge >= 0.3 is 6.09 Å². The van der Waals surface area contributed by atoms with Crippen molar-refractivity contribution in [2.75, 3.05) is 0 Å². The third-order valence-corrected chi connectivity index (χ3v) is 5.96. The number of amides is 3. The highest BCUT2D eigenvalue weighted by molar-refractivity contribution is 5.93. The molecule has 0 saturated heterocycles. The van der Waals surface area contributed by atoms with Gasteiger partial charge in [0.1, 0.15) is 17.7 Å². The minimum absolute atomic E-state index is 0.180. The van der Waals surface area contributed by atoms with Crippen molar-refractivity contribution in [2.24, 2.45) is 5.92 Å². The van der Waals surface area contributed by atoms with Crippen LogP contribution in [0.3, 0.4) is 0 Å². The number of hydrogen-bond donors (Lipinski definition) is 2. The molecule has 0 spiro atoms. The first-order valence-corrected chi connectivity index (χ1v) is 12.9. The molecule has 0 aromatic heterocycles. The second-order valence-electron chi connectivity index (χ2n) is 12.9. The van der Waals surface area contributed by atoms with Gasteiger partial charge in [-0.2, -0.15) is 0 Å². The second-order valence-corrected chi connectivity index (χ2v) is 12.9. The molecule has 0 fully saturated rings. The van der Waals surface area contributed by atoms with E-state index >= 15 is 0 Å². The largest absolute Gasteiger partial charge is 0.444 e. The van der Waals surface area contributed by atoms with Crippen LogP contribution < -0.4 is 10.6 Å². The molecule has 3 atom stereocenters. The lowest BCUT2D eigenvalue weighted by Crippen LogP contribution is -2.60. The molecule has 0 aliphatic carbocycles. The van der Waals surface area contributed by atoms with Crippen LogP contribution in [0.5, 0.6) is 0 Å². The molecule has 0 saturated carbocycles. The normalized spacial score (nSPS) is 14.9. The van der Waals surface area contributed by atoms with E-state index in [0.29, 0.717) is 6.42 Å². The molecule has 3 unspecified atom stereocenters. The highest BCUT2D eigenvalue weighted by Gasteiger charge is 2.43. The lowest BCUT2D eigenvalue weighted by molar-refractivity contribution is -0.150. The van der Waals surface area contributed by atoms with Gasteiger partial charge in [0.2, 0.25) is 11.8 Å². The topological polar surface area (TPSA) is 87.7 Å². The summed E-state index contributed by atoms with van der Waals surface area (Å²) in [6.45, 7) is 24.7. The number of carbonyl (C=O) groups is 3. The lowest BCUT2D eigenvalue weighted by atomic mass is 9.90. The molecule has 3 amide bonds. The lowest BCUT2D eigenvalue weighted by Gasteiger charge is -2.44. The average Bonchev–Trinajstić information content (AvgIpc) is 2.67. The molecule has 0 bridgehead atoms. The molecule has 0 aliphatic rings. The van der Waals surface area contributed by atoms with E-state index in [4.69, 9.17) is 4.74 Å². The number of carbonyl (C=O) groups excluding carboxylic acids is 3. The number of aryl methyl sites for hydroxylation is 2. The van der Waals surface area contributed by atoms with Crippen LogP contribution in [0, 0.1) is 19.8 Å². The Labute approximate surface area is 218 Å². The summed E-state index contributed by atoms with van der Waals surface area (Å²) in [5.41, 5.74) is 0.942. The van der Waals surface area contributed by atoms with E-state index in [-0.39, 0.29) is 17.7 Å². The molecule has 7 nitrogen and oxygen atoms in total. The van der Waals surface area contributed by atoms with Gasteiger partial charge in [-0.1, -0.05) is 38.5 Å². The van der Waals surface area contributed by atoms with Crippen molar-refractivity contribution >= 4 is 17.9 Å². The average molecular weight is 504 g/mol. The van der Waals surface area contributed by atoms with Crippen molar-refractivity contribution in [3.63, 3.8) is 0 Å². The van der Waals surface area contributed by atoms with E-state index in [1.807, 2.05) is 87.4 Å². The fourth-order valence-electron chi connectivity index (χ4n) is 3.90. The van der Waals surface area contributed by atoms with Crippen LogP contribution in [0.1, 0.15) is 105 Å². The summed E-state index contributed by atoms with van der Waals surface area (Å²) in [4.78, 5) is 42.5. The van der Waals surface area contributed by atoms with Crippen LogP contribution in [0.25, 0.3) is 0 Å². The molecular weight excluding hydrogens is 454 g/mol. The number of alkyl carbamates (subject to hydrolysis) is 1. The highest BCUT2D eigenvalue weighted by Crippen LogP contribution is 2.32. The maximum absolute atomic E-state index is 14.3. The Hall–Kier alpha value is -2.57. The summed E-state index contributed by atoms with van der Waals surface area (Å²) in [6.07, 6.45) is 0.00374. The van der Waals surface area contributed by atoms with Gasteiger partial charge in [0, 0.05) is 11.1 Å². The number of nitrogens with zero attached hydrogens (tertiary/aromatic N) is 1. The Kier molecular flexibility index (Phi) is 10.2. The van der Waals surface area contributed by atoms with E-state index in [0.717, 1.165) is 16.7 Å². The van der Waals surface area contributed by atoms with Crippen LogP contribution in [0.15, 0.2) is 18.2 Å². The third-order valence-electron chi connectivity index (χ3n) is 5.96. The molecule has 1 rings (SSSR count). The summed E-state index contributed by atoms with van der Waals surface area (Å²) in [6, 6.07) is 4.09. The summed E-state index contributed by atoms with van der Waals surface area (Å²) in [5.74, 6) is -0.773. The Balaban J connectivity index is 3.69. The number of ether oxygens (including phenoxy) is 1. The van der Waals surface area contributed by atoms with Gasteiger partial charge in [-0.15, -0.1) is 0 Å². The van der Waals surface area contributed by atoms with E-state index in [2.05, 4.69) is 10.6 Å². The van der Waals surface area contributed by atoms with Gasteiger partial charge in [-0.25, -0.2) is 4.79 Å². The Bertz CT molecular complexity index is 935. The maximum atomic E-state index is 14.3. The SMILES string of the molecule is CCC(C)C(NC(=O)OC(C)(C)C)C(=O)N(C(C(=O)NC(C)(C)C)c1ccc(C)c(C)c1)C(C)(C)C. The number of rotatable bonds is 7. The maximum Gasteiger partial charge on any atom is 0.408 e. The van der Waals surface area contributed by atoms with Gasteiger partial charge in [0.05, 0.1) is 0 Å². The summed E-state index contributed by atoms with van der Waals surface area (Å²) in [5, 5.41) is 5.87. The second kappa shape index (κ2) is 11.7. The van der Waals surface area contributed by atoms with Crippen LogP contribution >= 0.6 is 0 Å². The van der Waals surface area contributed by atoms with Crippen LogP contribution in [0.4, 0.5) is 4.79 Å². The molecule has 204 valence electrons. The van der Waals surface area contributed by atoms with Crippen molar-refractivity contribution in [3.8, 4) is 0 Å². The van der Waals surface area contributed by atoms with Crippen LogP contribution in [-0.4, -0.2) is 45.5 Å². The predicted molar refractivity (Wildman–Crippen MR) is 146 cm³/mol. The van der Waals surface area contributed by atoms with E-state index < -0.39 is 34.9 Å². The number of benzene rings is 1. The standard InChI is InChI=1S/C29H49N3O4/c1-14-18(2)22(30-26(35)36-29(11,12)13)25(34)32(28(8,9)10)23(24(33)31-27(5,6)7)21-16-15-19(3)20(4)17-21/h15-18,22-23H,14H2,1-13H3,(H,30,35)(H,31,33).